The standard InChI is InChI=1S/C14H19F2N3O/c1-9-4-11(17)7-19(6-9)8-14(20)18-13-3-2-10(15)5-12(13)16/h2-3,5,9,11H,4,6-8,17H2,1H3,(H,18,20). The van der Waals surface area contributed by atoms with Crippen molar-refractivity contribution in [3.8, 4) is 0 Å². The van der Waals surface area contributed by atoms with Crippen LogP contribution in [0.5, 0.6) is 0 Å². The molecule has 1 amide bonds. The third kappa shape index (κ3) is 3.98. The van der Waals surface area contributed by atoms with Crippen molar-refractivity contribution in [3.05, 3.63) is 29.8 Å². The van der Waals surface area contributed by atoms with Crippen LogP contribution >= 0.6 is 0 Å². The molecule has 1 aliphatic heterocycles. The van der Waals surface area contributed by atoms with E-state index in [9.17, 15) is 13.6 Å². The molecule has 0 saturated carbocycles. The highest BCUT2D eigenvalue weighted by Crippen LogP contribution is 2.17. The maximum Gasteiger partial charge on any atom is 0.238 e. The van der Waals surface area contributed by atoms with E-state index in [4.69, 9.17) is 5.73 Å². The van der Waals surface area contributed by atoms with Gasteiger partial charge in [0.1, 0.15) is 11.6 Å². The number of benzene rings is 1. The van der Waals surface area contributed by atoms with Gasteiger partial charge in [0.2, 0.25) is 5.91 Å². The van der Waals surface area contributed by atoms with Gasteiger partial charge in [-0.1, -0.05) is 6.92 Å². The average molecular weight is 283 g/mol. The van der Waals surface area contributed by atoms with Gasteiger partial charge in [-0.15, -0.1) is 0 Å². The molecule has 0 spiro atoms. The molecule has 0 aliphatic carbocycles. The van der Waals surface area contributed by atoms with Crippen LogP contribution in [0, 0.1) is 17.6 Å². The van der Waals surface area contributed by atoms with Gasteiger partial charge in [-0.2, -0.15) is 0 Å². The van der Waals surface area contributed by atoms with Crippen molar-refractivity contribution in [3.63, 3.8) is 0 Å². The molecule has 1 fully saturated rings. The van der Waals surface area contributed by atoms with E-state index in [1.54, 1.807) is 0 Å². The zero-order valence-corrected chi connectivity index (χ0v) is 11.4. The van der Waals surface area contributed by atoms with E-state index >= 15 is 0 Å². The first-order valence-electron chi connectivity index (χ1n) is 6.67. The molecular weight excluding hydrogens is 264 g/mol. The van der Waals surface area contributed by atoms with Crippen molar-refractivity contribution in [1.82, 2.24) is 4.90 Å². The fourth-order valence-corrected chi connectivity index (χ4v) is 2.63. The van der Waals surface area contributed by atoms with Crippen LogP contribution in [0.25, 0.3) is 0 Å². The van der Waals surface area contributed by atoms with Crippen molar-refractivity contribution in [2.75, 3.05) is 25.0 Å². The predicted molar refractivity (Wildman–Crippen MR) is 73.2 cm³/mol. The van der Waals surface area contributed by atoms with E-state index in [0.29, 0.717) is 12.5 Å². The number of anilines is 1. The summed E-state index contributed by atoms with van der Waals surface area (Å²) in [7, 11) is 0. The first-order valence-corrected chi connectivity index (χ1v) is 6.67. The number of halogens is 2. The van der Waals surface area contributed by atoms with Crippen LogP contribution in [0.1, 0.15) is 13.3 Å². The molecule has 3 N–H and O–H groups in total. The Hall–Kier alpha value is -1.53. The number of likely N-dealkylation sites (tertiary alicyclic amines) is 1. The number of hydrogen-bond donors (Lipinski definition) is 2. The maximum absolute atomic E-state index is 13.4. The second kappa shape index (κ2) is 6.28. The lowest BCUT2D eigenvalue weighted by molar-refractivity contribution is -0.117. The Kier molecular flexibility index (Phi) is 4.67. The van der Waals surface area contributed by atoms with E-state index in [0.717, 1.165) is 25.1 Å². The fraction of sp³-hybridized carbons (Fsp3) is 0.500. The third-order valence-electron chi connectivity index (χ3n) is 3.34. The highest BCUT2D eigenvalue weighted by molar-refractivity contribution is 5.92. The molecule has 110 valence electrons. The van der Waals surface area contributed by atoms with Crippen molar-refractivity contribution in [1.29, 1.82) is 0 Å². The Morgan fingerprint density at radius 2 is 2.20 bits per heavy atom. The molecular formula is C14H19F2N3O. The normalized spacial score (nSPS) is 23.6. The molecule has 0 bridgehead atoms. The van der Waals surface area contributed by atoms with Crippen molar-refractivity contribution >= 4 is 11.6 Å². The van der Waals surface area contributed by atoms with Crippen LogP contribution in [-0.2, 0) is 4.79 Å². The largest absolute Gasteiger partial charge is 0.327 e. The number of amides is 1. The SMILES string of the molecule is CC1CC(N)CN(CC(=O)Nc2ccc(F)cc2F)C1. The van der Waals surface area contributed by atoms with Crippen molar-refractivity contribution < 1.29 is 13.6 Å². The molecule has 2 atom stereocenters. The Morgan fingerprint density at radius 1 is 1.45 bits per heavy atom. The van der Waals surface area contributed by atoms with Crippen LogP contribution in [0.4, 0.5) is 14.5 Å². The first-order chi connectivity index (χ1) is 9.44. The van der Waals surface area contributed by atoms with Gasteiger partial charge in [0, 0.05) is 25.2 Å². The molecule has 4 nitrogen and oxygen atoms in total. The van der Waals surface area contributed by atoms with E-state index in [1.165, 1.54) is 6.07 Å². The van der Waals surface area contributed by atoms with Crippen LogP contribution in [0.3, 0.4) is 0 Å². The minimum absolute atomic E-state index is 0.00856. The van der Waals surface area contributed by atoms with Gasteiger partial charge in [-0.3, -0.25) is 9.69 Å². The summed E-state index contributed by atoms with van der Waals surface area (Å²) in [5.41, 5.74) is 5.90. The molecule has 0 radical (unpaired) electrons. The number of nitrogens with one attached hydrogen (secondary N) is 1. The molecule has 1 aromatic rings. The number of carbonyl (C=O) groups excluding carboxylic acids is 1. The second-order valence-electron chi connectivity index (χ2n) is 5.47. The van der Waals surface area contributed by atoms with E-state index in [1.807, 2.05) is 4.90 Å². The monoisotopic (exact) mass is 283 g/mol. The van der Waals surface area contributed by atoms with Gasteiger partial charge in [0.05, 0.1) is 12.2 Å². The Labute approximate surface area is 116 Å². The predicted octanol–water partition coefficient (Wildman–Crippen LogP) is 1.57. The van der Waals surface area contributed by atoms with Gasteiger partial charge < -0.3 is 11.1 Å². The zero-order chi connectivity index (χ0) is 14.7. The lowest BCUT2D eigenvalue weighted by Gasteiger charge is -2.34. The lowest BCUT2D eigenvalue weighted by atomic mass is 9.97. The lowest BCUT2D eigenvalue weighted by Crippen LogP contribution is -2.48. The Balaban J connectivity index is 1.92. The minimum Gasteiger partial charge on any atom is -0.327 e. The summed E-state index contributed by atoms with van der Waals surface area (Å²) in [5.74, 6) is -1.33. The highest BCUT2D eigenvalue weighted by atomic mass is 19.1. The quantitative estimate of drug-likeness (QED) is 0.885. The molecule has 0 aromatic heterocycles. The number of nitrogens with two attached hydrogens (primary N) is 1. The van der Waals surface area contributed by atoms with Crippen molar-refractivity contribution in [2.24, 2.45) is 11.7 Å². The van der Waals surface area contributed by atoms with E-state index in [2.05, 4.69) is 12.2 Å². The highest BCUT2D eigenvalue weighted by Gasteiger charge is 2.23. The summed E-state index contributed by atoms with van der Waals surface area (Å²) in [6, 6.07) is 3.13. The smallest absolute Gasteiger partial charge is 0.238 e. The number of rotatable bonds is 3. The molecule has 2 rings (SSSR count). The van der Waals surface area contributed by atoms with Crippen LogP contribution in [0.2, 0.25) is 0 Å². The first kappa shape index (κ1) is 14.9. The average Bonchev–Trinajstić information content (AvgIpc) is 2.31. The number of hydrogen-bond acceptors (Lipinski definition) is 3. The number of piperidine rings is 1. The van der Waals surface area contributed by atoms with Crippen LogP contribution < -0.4 is 11.1 Å². The number of nitrogens with zero attached hydrogens (tertiary/aromatic N) is 1. The molecule has 1 heterocycles. The summed E-state index contributed by atoms with van der Waals surface area (Å²) < 4.78 is 26.2. The van der Waals surface area contributed by atoms with Gasteiger partial charge >= 0.3 is 0 Å². The van der Waals surface area contributed by atoms with Gasteiger partial charge in [0.25, 0.3) is 0 Å². The van der Waals surface area contributed by atoms with E-state index < -0.39 is 11.6 Å². The fourth-order valence-electron chi connectivity index (χ4n) is 2.63. The second-order valence-corrected chi connectivity index (χ2v) is 5.47. The Bertz CT molecular complexity index is 485. The minimum atomic E-state index is -0.776. The summed E-state index contributed by atoms with van der Waals surface area (Å²) in [6.45, 7) is 3.70. The summed E-state index contributed by atoms with van der Waals surface area (Å²) in [5, 5.41) is 2.45. The van der Waals surface area contributed by atoms with Gasteiger partial charge in [-0.25, -0.2) is 8.78 Å². The Morgan fingerprint density at radius 3 is 2.85 bits per heavy atom. The summed E-state index contributed by atoms with van der Waals surface area (Å²) >= 11 is 0. The molecule has 20 heavy (non-hydrogen) atoms. The summed E-state index contributed by atoms with van der Waals surface area (Å²) in [6.07, 6.45) is 0.949. The zero-order valence-electron chi connectivity index (χ0n) is 11.4. The van der Waals surface area contributed by atoms with E-state index in [-0.39, 0.29) is 24.2 Å². The maximum atomic E-state index is 13.4. The third-order valence-corrected chi connectivity index (χ3v) is 3.34. The van der Waals surface area contributed by atoms with Crippen LogP contribution in [-0.4, -0.2) is 36.5 Å². The van der Waals surface area contributed by atoms with Crippen LogP contribution in [0.15, 0.2) is 18.2 Å². The summed E-state index contributed by atoms with van der Waals surface area (Å²) in [4.78, 5) is 13.8. The number of carbonyl (C=O) groups is 1. The van der Waals surface area contributed by atoms with Gasteiger partial charge in [0.15, 0.2) is 0 Å². The van der Waals surface area contributed by atoms with Gasteiger partial charge in [-0.05, 0) is 24.5 Å². The molecule has 6 heteroatoms. The molecule has 1 aromatic carbocycles. The molecule has 1 saturated heterocycles. The topological polar surface area (TPSA) is 58.4 Å². The molecule has 2 unspecified atom stereocenters. The molecule has 1 aliphatic rings. The van der Waals surface area contributed by atoms with Crippen molar-refractivity contribution in [2.45, 2.75) is 19.4 Å².